The summed E-state index contributed by atoms with van der Waals surface area (Å²) in [5, 5.41) is 12.1. The molecule has 2 aromatic rings. The van der Waals surface area contributed by atoms with Gasteiger partial charge in [0.05, 0.1) is 0 Å². The van der Waals surface area contributed by atoms with Gasteiger partial charge in [0.15, 0.2) is 0 Å². The van der Waals surface area contributed by atoms with Crippen molar-refractivity contribution in [1.29, 1.82) is 0 Å². The van der Waals surface area contributed by atoms with Gasteiger partial charge in [-0.15, -0.1) is 0 Å². The Labute approximate surface area is 197 Å². The minimum atomic E-state index is -0.972. The van der Waals surface area contributed by atoms with Gasteiger partial charge in [0.25, 0.3) is 0 Å². The summed E-state index contributed by atoms with van der Waals surface area (Å²) in [6.07, 6.45) is -0.341. The number of benzene rings is 2. The average Bonchev–Trinajstić information content (AvgIpc) is 3.15. The highest BCUT2D eigenvalue weighted by Crippen LogP contribution is 2.44. The smallest absolute Gasteiger partial charge is 0.407 e. The third kappa shape index (κ3) is 5.16. The van der Waals surface area contributed by atoms with Crippen LogP contribution in [0.2, 0.25) is 0 Å². The number of carbonyl (C=O) groups excluding carboxylic acids is 2. The van der Waals surface area contributed by atoms with E-state index in [0.29, 0.717) is 12.3 Å². The predicted molar refractivity (Wildman–Crippen MR) is 127 cm³/mol. The maximum Gasteiger partial charge on any atom is 0.407 e. The molecular formula is C25H28N2O5S. The molecule has 0 radical (unpaired) electrons. The summed E-state index contributed by atoms with van der Waals surface area (Å²) >= 11 is 1.54. The van der Waals surface area contributed by atoms with Gasteiger partial charge in [-0.1, -0.05) is 55.5 Å². The molecule has 1 fully saturated rings. The van der Waals surface area contributed by atoms with Crippen molar-refractivity contribution in [2.24, 2.45) is 5.92 Å². The summed E-state index contributed by atoms with van der Waals surface area (Å²) in [5.41, 5.74) is 4.64. The molecule has 2 amide bonds. The van der Waals surface area contributed by atoms with Crippen LogP contribution in [0.4, 0.5) is 4.79 Å². The SMILES string of the molecule is CC(CNC(=O)OCC1c2ccccc2-c2ccccc21)CC(=O)N1CCSCC1C(=O)O. The summed E-state index contributed by atoms with van der Waals surface area (Å²) in [4.78, 5) is 37.8. The van der Waals surface area contributed by atoms with Crippen LogP contribution in [0, 0.1) is 5.92 Å². The van der Waals surface area contributed by atoms with E-state index in [2.05, 4.69) is 29.6 Å². The first kappa shape index (κ1) is 23.2. The van der Waals surface area contributed by atoms with Crippen molar-refractivity contribution in [3.8, 4) is 11.1 Å². The highest BCUT2D eigenvalue weighted by Gasteiger charge is 2.33. The van der Waals surface area contributed by atoms with Crippen molar-refractivity contribution in [3.63, 3.8) is 0 Å². The second-order valence-electron chi connectivity index (χ2n) is 8.53. The Kier molecular flexibility index (Phi) is 7.23. The van der Waals surface area contributed by atoms with E-state index >= 15 is 0 Å². The number of carbonyl (C=O) groups is 3. The van der Waals surface area contributed by atoms with Gasteiger partial charge < -0.3 is 20.1 Å². The molecule has 0 bridgehead atoms. The van der Waals surface area contributed by atoms with Crippen LogP contribution in [0.1, 0.15) is 30.4 Å². The molecule has 8 heteroatoms. The highest BCUT2D eigenvalue weighted by atomic mass is 32.2. The number of thioether (sulfide) groups is 1. The predicted octanol–water partition coefficient (Wildman–Crippen LogP) is 3.58. The molecule has 1 aliphatic heterocycles. The molecule has 2 aliphatic rings. The second-order valence-corrected chi connectivity index (χ2v) is 9.68. The number of aliphatic carboxylic acids is 1. The van der Waals surface area contributed by atoms with E-state index in [1.807, 2.05) is 31.2 Å². The first-order valence-electron chi connectivity index (χ1n) is 11.1. The molecule has 1 saturated heterocycles. The van der Waals surface area contributed by atoms with Gasteiger partial charge in [0.1, 0.15) is 12.6 Å². The van der Waals surface area contributed by atoms with E-state index in [0.717, 1.165) is 16.9 Å². The molecule has 4 rings (SSSR count). The van der Waals surface area contributed by atoms with Gasteiger partial charge in [-0.3, -0.25) is 4.79 Å². The number of amides is 2. The molecule has 2 N–H and O–H groups in total. The average molecular weight is 469 g/mol. The maximum absolute atomic E-state index is 12.6. The van der Waals surface area contributed by atoms with Crippen LogP contribution < -0.4 is 5.32 Å². The normalized spacial score (nSPS) is 18.2. The van der Waals surface area contributed by atoms with Gasteiger partial charge in [-0.2, -0.15) is 11.8 Å². The topological polar surface area (TPSA) is 95.9 Å². The fourth-order valence-electron chi connectivity index (χ4n) is 4.50. The number of rotatable bonds is 7. The van der Waals surface area contributed by atoms with E-state index in [4.69, 9.17) is 4.74 Å². The maximum atomic E-state index is 12.6. The summed E-state index contributed by atoms with van der Waals surface area (Å²) in [6.45, 7) is 2.81. The first-order valence-corrected chi connectivity index (χ1v) is 12.3. The van der Waals surface area contributed by atoms with Crippen LogP contribution in [-0.2, 0) is 14.3 Å². The fourth-order valence-corrected chi connectivity index (χ4v) is 5.54. The lowest BCUT2D eigenvalue weighted by molar-refractivity contribution is -0.149. The fraction of sp³-hybridized carbons (Fsp3) is 0.400. The third-order valence-electron chi connectivity index (χ3n) is 6.20. The number of nitrogens with one attached hydrogen (secondary N) is 1. The minimum absolute atomic E-state index is 0.00734. The number of nitrogens with zero attached hydrogens (tertiary/aromatic N) is 1. The van der Waals surface area contributed by atoms with Crippen molar-refractivity contribution in [2.45, 2.75) is 25.3 Å². The number of hydrogen-bond donors (Lipinski definition) is 2. The van der Waals surface area contributed by atoms with Crippen molar-refractivity contribution in [1.82, 2.24) is 10.2 Å². The van der Waals surface area contributed by atoms with Gasteiger partial charge in [-0.25, -0.2) is 9.59 Å². The lowest BCUT2D eigenvalue weighted by Gasteiger charge is -2.33. The highest BCUT2D eigenvalue weighted by molar-refractivity contribution is 7.99. The first-order chi connectivity index (χ1) is 16.0. The number of alkyl carbamates (subject to hydrolysis) is 1. The van der Waals surface area contributed by atoms with Crippen molar-refractivity contribution >= 4 is 29.7 Å². The molecule has 0 aromatic heterocycles. The lowest BCUT2D eigenvalue weighted by Crippen LogP contribution is -2.50. The largest absolute Gasteiger partial charge is 0.480 e. The molecular weight excluding hydrogens is 440 g/mol. The van der Waals surface area contributed by atoms with Gasteiger partial charge in [0, 0.05) is 36.9 Å². The molecule has 0 saturated carbocycles. The molecule has 2 atom stereocenters. The third-order valence-corrected chi connectivity index (χ3v) is 7.22. The number of fused-ring (bicyclic) bond motifs is 3. The second kappa shape index (κ2) is 10.3. The summed E-state index contributed by atoms with van der Waals surface area (Å²) < 4.78 is 5.53. The number of carboxylic acids is 1. The van der Waals surface area contributed by atoms with Crippen molar-refractivity contribution in [3.05, 3.63) is 59.7 Å². The van der Waals surface area contributed by atoms with Crippen LogP contribution in [0.5, 0.6) is 0 Å². The van der Waals surface area contributed by atoms with Crippen LogP contribution in [0.3, 0.4) is 0 Å². The van der Waals surface area contributed by atoms with Gasteiger partial charge in [0.2, 0.25) is 5.91 Å². The zero-order chi connectivity index (χ0) is 23.4. The Balaban J connectivity index is 1.27. The number of carboxylic acid groups (broad SMARTS) is 1. The standard InChI is InChI=1S/C25H28N2O5S/c1-16(12-23(28)27-10-11-33-15-22(27)24(29)30)13-26-25(31)32-14-21-19-8-4-2-6-17(19)18-7-3-5-9-20(18)21/h2-9,16,21-22H,10-15H2,1H3,(H,26,31)(H,29,30). The van der Waals surface area contributed by atoms with Crippen LogP contribution in [-0.4, -0.2) is 65.2 Å². The molecule has 33 heavy (non-hydrogen) atoms. The Morgan fingerprint density at radius 1 is 1.12 bits per heavy atom. The van der Waals surface area contributed by atoms with E-state index in [9.17, 15) is 19.5 Å². The molecule has 2 unspecified atom stereocenters. The number of hydrogen-bond acceptors (Lipinski definition) is 5. The van der Waals surface area contributed by atoms with Crippen molar-refractivity contribution in [2.75, 3.05) is 31.2 Å². The van der Waals surface area contributed by atoms with Crippen LogP contribution >= 0.6 is 11.8 Å². The molecule has 7 nitrogen and oxygen atoms in total. The molecule has 0 spiro atoms. The lowest BCUT2D eigenvalue weighted by atomic mass is 9.98. The van der Waals surface area contributed by atoms with Gasteiger partial charge >= 0.3 is 12.1 Å². The molecule has 1 aliphatic carbocycles. The van der Waals surface area contributed by atoms with E-state index in [1.165, 1.54) is 16.0 Å². The Morgan fingerprint density at radius 3 is 2.39 bits per heavy atom. The van der Waals surface area contributed by atoms with Crippen LogP contribution in [0.15, 0.2) is 48.5 Å². The minimum Gasteiger partial charge on any atom is -0.480 e. The Morgan fingerprint density at radius 2 is 1.76 bits per heavy atom. The monoisotopic (exact) mass is 468 g/mol. The zero-order valence-corrected chi connectivity index (χ0v) is 19.3. The number of ether oxygens (including phenoxy) is 1. The summed E-state index contributed by atoms with van der Waals surface area (Å²) in [5.74, 6) is -0.159. The molecule has 2 aromatic carbocycles. The quantitative estimate of drug-likeness (QED) is 0.645. The zero-order valence-electron chi connectivity index (χ0n) is 18.5. The van der Waals surface area contributed by atoms with E-state index < -0.39 is 18.1 Å². The van der Waals surface area contributed by atoms with Crippen molar-refractivity contribution < 1.29 is 24.2 Å². The Bertz CT molecular complexity index is 997. The van der Waals surface area contributed by atoms with E-state index in [1.54, 1.807) is 11.8 Å². The molecule has 174 valence electrons. The van der Waals surface area contributed by atoms with Gasteiger partial charge in [-0.05, 0) is 28.2 Å². The van der Waals surface area contributed by atoms with Crippen LogP contribution in [0.25, 0.3) is 11.1 Å². The summed E-state index contributed by atoms with van der Waals surface area (Å²) in [6, 6.07) is 15.5. The summed E-state index contributed by atoms with van der Waals surface area (Å²) in [7, 11) is 0. The van der Waals surface area contributed by atoms with E-state index in [-0.39, 0.29) is 37.3 Å². The Hall–Kier alpha value is -3.00. The molecule has 1 heterocycles.